The number of nitrogens with one attached hydrogen (secondary N) is 1. The topological polar surface area (TPSA) is 62.3 Å². The van der Waals surface area contributed by atoms with Gasteiger partial charge in [0.2, 0.25) is 5.91 Å². The largest absolute Gasteiger partial charge is 0.324 e. The number of thiazole rings is 1. The lowest BCUT2D eigenvalue weighted by Crippen LogP contribution is -2.33. The second-order valence-corrected chi connectivity index (χ2v) is 7.86. The van der Waals surface area contributed by atoms with Gasteiger partial charge in [0.1, 0.15) is 5.01 Å². The highest BCUT2D eigenvalue weighted by Crippen LogP contribution is 2.36. The number of anilines is 1. The van der Waals surface area contributed by atoms with Gasteiger partial charge in [-0.15, -0.1) is 11.3 Å². The fraction of sp³-hybridized carbons (Fsp3) is 0.286. The summed E-state index contributed by atoms with van der Waals surface area (Å²) in [5, 5.41) is 3.97. The SMILES string of the molecule is CC(=O)c1ccccc1NC(=O)CN1CCC[C@H]1c1nc2ccccc2s1. The van der Waals surface area contributed by atoms with Crippen LogP contribution in [0, 0.1) is 0 Å². The lowest BCUT2D eigenvalue weighted by molar-refractivity contribution is -0.117. The zero-order chi connectivity index (χ0) is 18.8. The van der Waals surface area contributed by atoms with Gasteiger partial charge < -0.3 is 5.32 Å². The monoisotopic (exact) mass is 379 g/mol. The molecule has 1 atom stereocenters. The maximum Gasteiger partial charge on any atom is 0.238 e. The van der Waals surface area contributed by atoms with E-state index in [1.165, 1.54) is 11.6 Å². The molecule has 1 N–H and O–H groups in total. The van der Waals surface area contributed by atoms with Gasteiger partial charge in [-0.2, -0.15) is 0 Å². The van der Waals surface area contributed by atoms with Crippen molar-refractivity contribution in [2.24, 2.45) is 0 Å². The number of benzene rings is 2. The van der Waals surface area contributed by atoms with E-state index in [1.807, 2.05) is 24.3 Å². The minimum Gasteiger partial charge on any atom is -0.324 e. The predicted molar refractivity (Wildman–Crippen MR) is 108 cm³/mol. The van der Waals surface area contributed by atoms with Crippen LogP contribution in [-0.4, -0.2) is 34.7 Å². The standard InChI is InChI=1S/C21H21N3O2S/c1-14(25)15-7-2-3-8-16(15)22-20(26)13-24-12-6-10-18(24)21-23-17-9-4-5-11-19(17)27-21/h2-5,7-9,11,18H,6,10,12-13H2,1H3,(H,22,26)/t18-/m0/s1. The van der Waals surface area contributed by atoms with E-state index in [2.05, 4.69) is 16.3 Å². The van der Waals surface area contributed by atoms with E-state index in [0.717, 1.165) is 29.9 Å². The van der Waals surface area contributed by atoms with E-state index in [1.54, 1.807) is 29.5 Å². The van der Waals surface area contributed by atoms with Crippen LogP contribution in [0.15, 0.2) is 48.5 Å². The zero-order valence-electron chi connectivity index (χ0n) is 15.1. The van der Waals surface area contributed by atoms with Crippen molar-refractivity contribution in [3.8, 4) is 0 Å². The molecule has 1 aliphatic heterocycles. The number of para-hydroxylation sites is 2. The molecule has 0 aliphatic carbocycles. The number of nitrogens with zero attached hydrogens (tertiary/aromatic N) is 2. The highest BCUT2D eigenvalue weighted by atomic mass is 32.1. The number of ketones is 1. The van der Waals surface area contributed by atoms with Crippen LogP contribution in [-0.2, 0) is 4.79 Å². The van der Waals surface area contributed by atoms with Gasteiger partial charge in [0, 0.05) is 5.56 Å². The third-order valence-corrected chi connectivity index (χ3v) is 6.02. The lowest BCUT2D eigenvalue weighted by atomic mass is 10.1. The Morgan fingerprint density at radius 1 is 1.19 bits per heavy atom. The molecular formula is C21H21N3O2S. The Hall–Kier alpha value is -2.57. The maximum atomic E-state index is 12.6. The van der Waals surface area contributed by atoms with Crippen molar-refractivity contribution in [2.75, 3.05) is 18.4 Å². The zero-order valence-corrected chi connectivity index (χ0v) is 16.0. The fourth-order valence-electron chi connectivity index (χ4n) is 3.60. The number of hydrogen-bond acceptors (Lipinski definition) is 5. The quantitative estimate of drug-likeness (QED) is 0.672. The van der Waals surface area contributed by atoms with E-state index >= 15 is 0 Å². The number of Topliss-reactive ketones (excluding diaryl/α,β-unsaturated/α-hetero) is 1. The Morgan fingerprint density at radius 3 is 2.78 bits per heavy atom. The van der Waals surface area contributed by atoms with Crippen LogP contribution in [0.4, 0.5) is 5.69 Å². The van der Waals surface area contributed by atoms with Crippen molar-refractivity contribution in [1.29, 1.82) is 0 Å². The van der Waals surface area contributed by atoms with Crippen LogP contribution in [0.1, 0.15) is 41.2 Å². The number of hydrogen-bond donors (Lipinski definition) is 1. The van der Waals surface area contributed by atoms with Crippen molar-refractivity contribution in [2.45, 2.75) is 25.8 Å². The number of rotatable bonds is 5. The molecule has 0 spiro atoms. The summed E-state index contributed by atoms with van der Waals surface area (Å²) >= 11 is 1.71. The average Bonchev–Trinajstić information content (AvgIpc) is 3.28. The van der Waals surface area contributed by atoms with E-state index < -0.39 is 0 Å². The predicted octanol–water partition coefficient (Wildman–Crippen LogP) is 4.27. The molecule has 27 heavy (non-hydrogen) atoms. The molecule has 1 aromatic heterocycles. The first kappa shape index (κ1) is 17.8. The number of aromatic nitrogens is 1. The fourth-order valence-corrected chi connectivity index (χ4v) is 4.74. The summed E-state index contributed by atoms with van der Waals surface area (Å²) in [6.45, 7) is 2.68. The molecule has 6 heteroatoms. The van der Waals surface area contributed by atoms with Crippen LogP contribution < -0.4 is 5.32 Å². The molecule has 1 saturated heterocycles. The van der Waals surface area contributed by atoms with Gasteiger partial charge in [0.05, 0.1) is 28.5 Å². The van der Waals surface area contributed by atoms with Crippen molar-refractivity contribution >= 4 is 38.9 Å². The summed E-state index contributed by atoms with van der Waals surface area (Å²) in [6, 6.07) is 15.4. The number of carbonyl (C=O) groups is 2. The molecule has 0 bridgehead atoms. The summed E-state index contributed by atoms with van der Waals surface area (Å²) in [6.07, 6.45) is 2.06. The minimum atomic E-state index is -0.100. The number of amides is 1. The molecule has 0 saturated carbocycles. The molecule has 1 fully saturated rings. The van der Waals surface area contributed by atoms with Crippen molar-refractivity contribution in [3.05, 3.63) is 59.1 Å². The molecule has 2 aromatic carbocycles. The van der Waals surface area contributed by atoms with Gasteiger partial charge in [0.25, 0.3) is 0 Å². The van der Waals surface area contributed by atoms with Crippen molar-refractivity contribution < 1.29 is 9.59 Å². The average molecular weight is 379 g/mol. The van der Waals surface area contributed by atoms with Crippen LogP contribution in [0.25, 0.3) is 10.2 Å². The van der Waals surface area contributed by atoms with Gasteiger partial charge in [0.15, 0.2) is 5.78 Å². The Morgan fingerprint density at radius 2 is 1.96 bits per heavy atom. The Labute approximate surface area is 162 Å². The van der Waals surface area contributed by atoms with Gasteiger partial charge >= 0.3 is 0 Å². The highest BCUT2D eigenvalue weighted by Gasteiger charge is 2.30. The first-order valence-electron chi connectivity index (χ1n) is 9.11. The smallest absolute Gasteiger partial charge is 0.238 e. The summed E-state index contributed by atoms with van der Waals surface area (Å²) in [5.41, 5.74) is 2.13. The Kier molecular flexibility index (Phi) is 5.01. The van der Waals surface area contributed by atoms with Gasteiger partial charge in [-0.1, -0.05) is 24.3 Å². The van der Waals surface area contributed by atoms with Crippen LogP contribution in [0.2, 0.25) is 0 Å². The van der Waals surface area contributed by atoms with Crippen molar-refractivity contribution in [1.82, 2.24) is 9.88 Å². The summed E-state index contributed by atoms with van der Waals surface area (Å²) in [5.74, 6) is -0.156. The first-order chi connectivity index (χ1) is 13.1. The Balaban J connectivity index is 1.48. The third kappa shape index (κ3) is 3.77. The molecule has 2 heterocycles. The Bertz CT molecular complexity index is 965. The lowest BCUT2D eigenvalue weighted by Gasteiger charge is -2.22. The number of likely N-dealkylation sites (tertiary alicyclic amines) is 1. The number of carbonyl (C=O) groups excluding carboxylic acids is 2. The van der Waals surface area contributed by atoms with E-state index in [9.17, 15) is 9.59 Å². The van der Waals surface area contributed by atoms with E-state index in [0.29, 0.717) is 17.8 Å². The molecule has 0 radical (unpaired) electrons. The van der Waals surface area contributed by atoms with Crippen LogP contribution >= 0.6 is 11.3 Å². The van der Waals surface area contributed by atoms with Crippen molar-refractivity contribution in [3.63, 3.8) is 0 Å². The minimum absolute atomic E-state index is 0.0561. The molecule has 3 aromatic rings. The van der Waals surface area contributed by atoms with Gasteiger partial charge in [-0.25, -0.2) is 4.98 Å². The second kappa shape index (κ2) is 7.58. The molecule has 1 amide bonds. The summed E-state index contributed by atoms with van der Waals surface area (Å²) < 4.78 is 1.18. The van der Waals surface area contributed by atoms with E-state index in [4.69, 9.17) is 4.98 Å². The van der Waals surface area contributed by atoms with E-state index in [-0.39, 0.29) is 17.7 Å². The maximum absolute atomic E-state index is 12.6. The molecule has 5 nitrogen and oxygen atoms in total. The highest BCUT2D eigenvalue weighted by molar-refractivity contribution is 7.18. The first-order valence-corrected chi connectivity index (χ1v) is 9.93. The molecular weight excluding hydrogens is 358 g/mol. The molecule has 4 rings (SSSR count). The summed E-state index contributed by atoms with van der Waals surface area (Å²) in [7, 11) is 0. The van der Waals surface area contributed by atoms with Gasteiger partial charge in [-0.05, 0) is 50.6 Å². The summed E-state index contributed by atoms with van der Waals surface area (Å²) in [4.78, 5) is 31.3. The molecule has 1 aliphatic rings. The normalized spacial score (nSPS) is 17.3. The third-order valence-electron chi connectivity index (χ3n) is 4.89. The molecule has 138 valence electrons. The van der Waals surface area contributed by atoms with Crippen LogP contribution in [0.5, 0.6) is 0 Å². The number of fused-ring (bicyclic) bond motifs is 1. The molecule has 0 unspecified atom stereocenters. The van der Waals surface area contributed by atoms with Gasteiger partial charge in [-0.3, -0.25) is 14.5 Å². The second-order valence-electron chi connectivity index (χ2n) is 6.80. The van der Waals surface area contributed by atoms with Crippen LogP contribution in [0.3, 0.4) is 0 Å².